The van der Waals surface area contributed by atoms with Gasteiger partial charge in [0.05, 0.1) is 18.4 Å². The van der Waals surface area contributed by atoms with Crippen LogP contribution in [0.15, 0.2) is 60.0 Å². The fourth-order valence-electron chi connectivity index (χ4n) is 4.22. The highest BCUT2D eigenvalue weighted by Gasteiger charge is 2.43. The van der Waals surface area contributed by atoms with Gasteiger partial charge < -0.3 is 20.3 Å². The Balaban J connectivity index is 1.36. The summed E-state index contributed by atoms with van der Waals surface area (Å²) >= 11 is 1.59. The van der Waals surface area contributed by atoms with Crippen LogP contribution in [0.25, 0.3) is 10.4 Å². The predicted molar refractivity (Wildman–Crippen MR) is 122 cm³/mol. The lowest BCUT2D eigenvalue weighted by molar-refractivity contribution is -0.119. The Kier molecular flexibility index (Phi) is 5.14. The molecule has 3 amide bonds. The molecule has 0 aliphatic carbocycles. The summed E-state index contributed by atoms with van der Waals surface area (Å²) in [7, 11) is 1.57. The molecule has 162 valence electrons. The molecule has 7 nitrogen and oxygen atoms in total. The Hall–Kier alpha value is -3.65. The summed E-state index contributed by atoms with van der Waals surface area (Å²) < 4.78 is 5.12. The molecule has 3 aromatic rings. The number of nitrogens with one attached hydrogen (secondary N) is 2. The van der Waals surface area contributed by atoms with E-state index in [-0.39, 0.29) is 30.3 Å². The topological polar surface area (TPSA) is 87.7 Å². The summed E-state index contributed by atoms with van der Waals surface area (Å²) in [5.41, 5.74) is 2.42. The fourth-order valence-corrected chi connectivity index (χ4v) is 4.95. The molecule has 2 aliphatic rings. The third-order valence-corrected chi connectivity index (χ3v) is 6.78. The molecule has 0 saturated carbocycles. The lowest BCUT2D eigenvalue weighted by Gasteiger charge is -2.20. The number of hydrogen-bond acceptors (Lipinski definition) is 5. The Morgan fingerprint density at radius 3 is 2.69 bits per heavy atom. The molecule has 2 aromatic carbocycles. The van der Waals surface area contributed by atoms with Crippen LogP contribution in [0.2, 0.25) is 0 Å². The van der Waals surface area contributed by atoms with Crippen molar-refractivity contribution in [2.45, 2.75) is 18.5 Å². The number of methoxy groups -OCH3 is 1. The van der Waals surface area contributed by atoms with Gasteiger partial charge in [-0.15, -0.1) is 11.3 Å². The molecule has 2 atom stereocenters. The minimum absolute atomic E-state index is 0.206. The second-order valence-corrected chi connectivity index (χ2v) is 8.78. The van der Waals surface area contributed by atoms with Gasteiger partial charge in [0.1, 0.15) is 11.8 Å². The number of benzene rings is 2. The Bertz CT molecular complexity index is 1190. The third-order valence-electron chi connectivity index (χ3n) is 5.87. The SMILES string of the molecule is COc1ccc(C(=O)N[C@H]2C[C@H]3C(=O)Nc4ccc(-c5cccs5)cc4C(=O)N3C2)cc1. The minimum Gasteiger partial charge on any atom is -0.497 e. The van der Waals surface area contributed by atoms with Gasteiger partial charge in [-0.05, 0) is 59.8 Å². The average Bonchev–Trinajstić information content (AvgIpc) is 3.48. The highest BCUT2D eigenvalue weighted by Crippen LogP contribution is 2.33. The van der Waals surface area contributed by atoms with Crippen molar-refractivity contribution in [1.29, 1.82) is 0 Å². The molecule has 2 aliphatic heterocycles. The molecule has 32 heavy (non-hydrogen) atoms. The highest BCUT2D eigenvalue weighted by atomic mass is 32.1. The first-order valence-corrected chi connectivity index (χ1v) is 11.2. The van der Waals surface area contributed by atoms with E-state index in [1.165, 1.54) is 0 Å². The maximum Gasteiger partial charge on any atom is 0.256 e. The van der Waals surface area contributed by atoms with Crippen LogP contribution < -0.4 is 15.4 Å². The van der Waals surface area contributed by atoms with Gasteiger partial charge in [0.25, 0.3) is 11.8 Å². The van der Waals surface area contributed by atoms with Crippen LogP contribution >= 0.6 is 11.3 Å². The van der Waals surface area contributed by atoms with Crippen LogP contribution in [-0.2, 0) is 4.79 Å². The summed E-state index contributed by atoms with van der Waals surface area (Å²) in [5.74, 6) is -0.0210. The predicted octanol–water partition coefficient (Wildman–Crippen LogP) is 3.39. The van der Waals surface area contributed by atoms with Gasteiger partial charge >= 0.3 is 0 Å². The van der Waals surface area contributed by atoms with Crippen LogP contribution in [0.3, 0.4) is 0 Å². The van der Waals surface area contributed by atoms with Gasteiger partial charge in [-0.3, -0.25) is 14.4 Å². The molecule has 1 saturated heterocycles. The van der Waals surface area contributed by atoms with E-state index in [4.69, 9.17) is 4.74 Å². The lowest BCUT2D eigenvalue weighted by Crippen LogP contribution is -2.41. The van der Waals surface area contributed by atoms with Crippen LogP contribution in [-0.4, -0.2) is 48.4 Å². The van der Waals surface area contributed by atoms with E-state index in [9.17, 15) is 14.4 Å². The first-order valence-electron chi connectivity index (χ1n) is 10.3. The largest absolute Gasteiger partial charge is 0.497 e. The van der Waals surface area contributed by atoms with E-state index in [1.807, 2.05) is 29.6 Å². The Morgan fingerprint density at radius 1 is 1.16 bits per heavy atom. The van der Waals surface area contributed by atoms with E-state index in [0.717, 1.165) is 10.4 Å². The number of rotatable bonds is 4. The standard InChI is InChI=1S/C24H21N3O4S/c1-31-17-7-4-14(5-8-17)22(28)25-16-12-20-23(29)26-19-9-6-15(21-3-2-10-32-21)11-18(19)24(30)27(20)13-16/h2-11,16,20H,12-13H2,1H3,(H,25,28)(H,26,29)/t16-,20-/m0/s1. The summed E-state index contributed by atoms with van der Waals surface area (Å²) in [6, 6.07) is 15.3. The molecule has 1 aromatic heterocycles. The number of nitrogens with zero attached hydrogens (tertiary/aromatic N) is 1. The molecular formula is C24H21N3O4S. The summed E-state index contributed by atoms with van der Waals surface area (Å²) in [5, 5.41) is 7.83. The first-order chi connectivity index (χ1) is 15.5. The number of thiophene rings is 1. The van der Waals surface area contributed by atoms with E-state index in [1.54, 1.807) is 53.7 Å². The maximum absolute atomic E-state index is 13.4. The zero-order valence-electron chi connectivity index (χ0n) is 17.3. The molecule has 2 N–H and O–H groups in total. The second-order valence-electron chi connectivity index (χ2n) is 7.83. The summed E-state index contributed by atoms with van der Waals surface area (Å²) in [4.78, 5) is 41.5. The Labute approximate surface area is 189 Å². The number of fused-ring (bicyclic) bond motifs is 2. The van der Waals surface area contributed by atoms with Crippen LogP contribution in [0.5, 0.6) is 5.75 Å². The van der Waals surface area contributed by atoms with Gasteiger partial charge in [-0.1, -0.05) is 12.1 Å². The Morgan fingerprint density at radius 2 is 1.97 bits per heavy atom. The van der Waals surface area contributed by atoms with Crippen molar-refractivity contribution in [3.8, 4) is 16.2 Å². The quantitative estimate of drug-likeness (QED) is 0.642. The lowest BCUT2D eigenvalue weighted by atomic mass is 10.1. The normalized spacial score (nSPS) is 19.6. The van der Waals surface area contributed by atoms with Crippen LogP contribution in [0, 0.1) is 0 Å². The van der Waals surface area contributed by atoms with Crippen LogP contribution in [0.4, 0.5) is 5.69 Å². The molecule has 0 unspecified atom stereocenters. The zero-order chi connectivity index (χ0) is 22.2. The third kappa shape index (κ3) is 3.62. The number of anilines is 1. The minimum atomic E-state index is -0.624. The van der Waals surface area contributed by atoms with Crippen molar-refractivity contribution in [3.05, 3.63) is 71.1 Å². The van der Waals surface area contributed by atoms with E-state index in [2.05, 4.69) is 10.6 Å². The van der Waals surface area contributed by atoms with Gasteiger partial charge in [0.2, 0.25) is 5.91 Å². The zero-order valence-corrected chi connectivity index (χ0v) is 18.1. The fraction of sp³-hybridized carbons (Fsp3) is 0.208. The molecule has 0 bridgehead atoms. The molecule has 5 rings (SSSR count). The summed E-state index contributed by atoms with van der Waals surface area (Å²) in [6.07, 6.45) is 0.366. The monoisotopic (exact) mass is 447 g/mol. The van der Waals surface area contributed by atoms with Crippen molar-refractivity contribution < 1.29 is 19.1 Å². The maximum atomic E-state index is 13.4. The van der Waals surface area contributed by atoms with Crippen LogP contribution in [0.1, 0.15) is 27.1 Å². The molecule has 8 heteroatoms. The second kappa shape index (κ2) is 8.12. The molecule has 0 spiro atoms. The highest BCUT2D eigenvalue weighted by molar-refractivity contribution is 7.13. The molecule has 1 fully saturated rings. The number of ether oxygens (including phenoxy) is 1. The van der Waals surface area contributed by atoms with E-state index >= 15 is 0 Å². The first kappa shape index (κ1) is 20.3. The number of hydrogen-bond donors (Lipinski definition) is 2. The summed E-state index contributed by atoms with van der Waals surface area (Å²) in [6.45, 7) is 0.279. The van der Waals surface area contributed by atoms with Gasteiger partial charge in [-0.2, -0.15) is 0 Å². The van der Waals surface area contributed by atoms with E-state index < -0.39 is 6.04 Å². The van der Waals surface area contributed by atoms with Crippen molar-refractivity contribution >= 4 is 34.7 Å². The van der Waals surface area contributed by atoms with Crippen molar-refractivity contribution in [3.63, 3.8) is 0 Å². The molecular weight excluding hydrogens is 426 g/mol. The van der Waals surface area contributed by atoms with Crippen molar-refractivity contribution in [2.75, 3.05) is 19.0 Å². The van der Waals surface area contributed by atoms with Crippen molar-refractivity contribution in [2.24, 2.45) is 0 Å². The molecule has 0 radical (unpaired) electrons. The van der Waals surface area contributed by atoms with Crippen molar-refractivity contribution in [1.82, 2.24) is 10.2 Å². The van der Waals surface area contributed by atoms with Gasteiger partial charge in [0, 0.05) is 23.0 Å². The van der Waals surface area contributed by atoms with Gasteiger partial charge in [0.15, 0.2) is 0 Å². The number of carbonyl (C=O) groups is 3. The van der Waals surface area contributed by atoms with E-state index in [0.29, 0.717) is 29.0 Å². The molecule has 3 heterocycles. The average molecular weight is 448 g/mol. The number of carbonyl (C=O) groups excluding carboxylic acids is 3. The van der Waals surface area contributed by atoms with Gasteiger partial charge in [-0.25, -0.2) is 0 Å². The smallest absolute Gasteiger partial charge is 0.256 e. The number of amides is 3.